The molecule has 0 aliphatic carbocycles. The normalized spacial score (nSPS) is 13.4. The predicted octanol–water partition coefficient (Wildman–Crippen LogP) is 23.6. The maximum Gasteiger partial charge on any atom is 0.136 e. The zero-order chi connectivity index (χ0) is 59.2. The summed E-state index contributed by atoms with van der Waals surface area (Å²) in [6.07, 6.45) is 6.85. The first-order chi connectivity index (χ1) is 44.0. The Morgan fingerprint density at radius 3 is 1.34 bits per heavy atom. The molecule has 0 amide bonds. The van der Waals surface area contributed by atoms with Crippen LogP contribution < -0.4 is 14.7 Å². The van der Waals surface area contributed by atoms with Gasteiger partial charge >= 0.3 is 0 Å². The molecular formula is C85H59N3O. The summed E-state index contributed by atoms with van der Waals surface area (Å²) in [5.41, 5.74) is 21.3. The number of anilines is 7. The third kappa shape index (κ3) is 9.80. The molecule has 0 saturated carbocycles. The van der Waals surface area contributed by atoms with Crippen molar-refractivity contribution in [1.29, 1.82) is 0 Å². The highest BCUT2D eigenvalue weighted by Crippen LogP contribution is 2.45. The first-order valence-electron chi connectivity index (χ1n) is 30.4. The van der Waals surface area contributed by atoms with Crippen molar-refractivity contribution in [3.63, 3.8) is 0 Å². The molecular weight excluding hydrogens is 1080 g/mol. The Kier molecular flexibility index (Phi) is 13.4. The van der Waals surface area contributed by atoms with Crippen LogP contribution in [0.5, 0.6) is 0 Å². The second-order valence-corrected chi connectivity index (χ2v) is 22.9. The van der Waals surface area contributed by atoms with E-state index in [1.807, 2.05) is 12.1 Å². The van der Waals surface area contributed by atoms with Gasteiger partial charge in [0.25, 0.3) is 0 Å². The van der Waals surface area contributed by atoms with Gasteiger partial charge in [-0.15, -0.1) is 0 Å². The Balaban J connectivity index is 0.809. The highest BCUT2D eigenvalue weighted by molar-refractivity contribution is 6.26. The molecule has 2 heterocycles. The molecule has 0 unspecified atom stereocenters. The largest absolute Gasteiger partial charge is 0.456 e. The van der Waals surface area contributed by atoms with Gasteiger partial charge in [-0.3, -0.25) is 0 Å². The zero-order valence-electron chi connectivity index (χ0n) is 48.9. The third-order valence-electron chi connectivity index (χ3n) is 17.6. The smallest absolute Gasteiger partial charge is 0.136 e. The number of fused-ring (bicyclic) bond motifs is 10. The summed E-state index contributed by atoms with van der Waals surface area (Å²) >= 11 is 0. The second-order valence-electron chi connectivity index (χ2n) is 22.9. The van der Waals surface area contributed by atoms with Gasteiger partial charge in [-0.1, -0.05) is 231 Å². The van der Waals surface area contributed by atoms with Crippen LogP contribution in [-0.4, -0.2) is 6.54 Å². The van der Waals surface area contributed by atoms with Crippen LogP contribution in [0.25, 0.3) is 104 Å². The van der Waals surface area contributed by atoms with Gasteiger partial charge in [0.2, 0.25) is 0 Å². The number of allylic oxidation sites excluding steroid dienone is 3. The molecule has 4 heteroatoms. The lowest BCUT2D eigenvalue weighted by molar-refractivity contribution is 0.669. The summed E-state index contributed by atoms with van der Waals surface area (Å²) in [6, 6.07) is 114. The Hall–Kier alpha value is -11.7. The lowest BCUT2D eigenvalue weighted by Crippen LogP contribution is -2.18. The van der Waals surface area contributed by atoms with Gasteiger partial charge in [0.15, 0.2) is 0 Å². The van der Waals surface area contributed by atoms with Gasteiger partial charge in [0.05, 0.1) is 0 Å². The molecule has 0 saturated heterocycles. The van der Waals surface area contributed by atoms with Crippen molar-refractivity contribution in [2.45, 2.75) is 0 Å². The fourth-order valence-corrected chi connectivity index (χ4v) is 13.3. The zero-order valence-corrected chi connectivity index (χ0v) is 48.9. The summed E-state index contributed by atoms with van der Waals surface area (Å²) in [4.78, 5) is 7.15. The molecule has 0 radical (unpaired) electrons. The summed E-state index contributed by atoms with van der Waals surface area (Å²) in [6.45, 7) is 5.59. The van der Waals surface area contributed by atoms with E-state index in [4.69, 9.17) is 11.0 Å². The van der Waals surface area contributed by atoms with E-state index in [0.717, 1.165) is 112 Å². The Labute approximate surface area is 518 Å². The second kappa shape index (κ2) is 22.6. The minimum absolute atomic E-state index is 0.600. The van der Waals surface area contributed by atoms with Crippen molar-refractivity contribution in [1.82, 2.24) is 0 Å². The number of rotatable bonds is 11. The van der Waals surface area contributed by atoms with Gasteiger partial charge in [-0.25, -0.2) is 0 Å². The predicted molar refractivity (Wildman–Crippen MR) is 377 cm³/mol. The van der Waals surface area contributed by atoms with Crippen LogP contribution in [0.2, 0.25) is 0 Å². The Morgan fingerprint density at radius 1 is 0.315 bits per heavy atom. The number of hydrogen-bond donors (Lipinski definition) is 0. The van der Waals surface area contributed by atoms with Crippen molar-refractivity contribution < 1.29 is 4.42 Å². The number of nitrogens with zero attached hydrogens (tertiary/aromatic N) is 3. The van der Waals surface area contributed by atoms with E-state index in [1.165, 1.54) is 43.4 Å². The first-order valence-corrected chi connectivity index (χ1v) is 30.4. The van der Waals surface area contributed by atoms with Gasteiger partial charge in [0.1, 0.15) is 11.2 Å². The molecule has 1 aromatic heterocycles. The fraction of sp³-hybridized carbons (Fsp3) is 0.0118. The molecule has 14 aromatic carbocycles. The van der Waals surface area contributed by atoms with Crippen LogP contribution in [-0.2, 0) is 0 Å². The molecule has 0 atom stereocenters. The molecule has 0 spiro atoms. The molecule has 1 aliphatic rings. The molecule has 16 rings (SSSR count). The van der Waals surface area contributed by atoms with E-state index in [2.05, 4.69) is 336 Å². The summed E-state index contributed by atoms with van der Waals surface area (Å²) in [5, 5.41) is 9.72. The average molecular weight is 1140 g/mol. The molecule has 89 heavy (non-hydrogen) atoms. The minimum Gasteiger partial charge on any atom is -0.456 e. The topological polar surface area (TPSA) is 22.9 Å². The van der Waals surface area contributed by atoms with Crippen molar-refractivity contribution in [2.75, 3.05) is 21.2 Å². The van der Waals surface area contributed by atoms with E-state index in [9.17, 15) is 0 Å². The van der Waals surface area contributed by atoms with E-state index in [0.29, 0.717) is 6.54 Å². The van der Waals surface area contributed by atoms with E-state index in [-0.39, 0.29) is 0 Å². The highest BCUT2D eigenvalue weighted by atomic mass is 16.3. The van der Waals surface area contributed by atoms with Crippen LogP contribution in [0.3, 0.4) is 0 Å². The van der Waals surface area contributed by atoms with E-state index >= 15 is 0 Å². The monoisotopic (exact) mass is 1140 g/mol. The molecule has 4 nitrogen and oxygen atoms in total. The summed E-state index contributed by atoms with van der Waals surface area (Å²) in [7, 11) is 0. The number of furan rings is 1. The van der Waals surface area contributed by atoms with Crippen molar-refractivity contribution in [2.24, 2.45) is 0 Å². The highest BCUT2D eigenvalue weighted by Gasteiger charge is 2.23. The van der Waals surface area contributed by atoms with E-state index in [1.54, 1.807) is 0 Å². The Bertz CT molecular complexity index is 5080. The lowest BCUT2D eigenvalue weighted by atomic mass is 9.93. The molecule has 15 aromatic rings. The van der Waals surface area contributed by atoms with Crippen molar-refractivity contribution in [3.05, 3.63) is 352 Å². The maximum absolute atomic E-state index is 6.29. The number of hydrogen-bond acceptors (Lipinski definition) is 4. The van der Waals surface area contributed by atoms with Gasteiger partial charge in [-0.2, -0.15) is 0 Å². The lowest BCUT2D eigenvalue weighted by Gasteiger charge is -2.28. The maximum atomic E-state index is 6.29. The van der Waals surface area contributed by atoms with Crippen LogP contribution >= 0.6 is 0 Å². The Morgan fingerprint density at radius 2 is 0.753 bits per heavy atom. The van der Waals surface area contributed by atoms with Crippen LogP contribution in [0.15, 0.2) is 350 Å². The summed E-state index contributed by atoms with van der Waals surface area (Å²) < 4.78 is 6.29. The van der Waals surface area contributed by atoms with Crippen LogP contribution in [0, 0.1) is 0 Å². The molecule has 420 valence electrons. The standard InChI is InChI=1S/C85H59N3O/c1-58-55-72(88(69-43-34-61(35-44-69)59-19-5-2-6-20-59)70-45-36-62(37-46-70)60-21-7-3-8-22-60)25-18-54-86(71-51-52-78-76-28-12-11-26-74(76)75-27-13-14-29-77(75)81(78)57-71)82-53-42-65(56-80(58)82)63-38-47-67(48-39-63)87(66-23-9-4-10-24-66)68-49-40-64(41-50-68)73-31-17-33-84-85(73)79-30-15-16-32-83(79)89-84/h2-53,55-57H,1,54H2/b25-18-,72-55+. The number of benzene rings is 14. The van der Waals surface area contributed by atoms with Crippen molar-refractivity contribution >= 4 is 99.6 Å². The van der Waals surface area contributed by atoms with Gasteiger partial charge < -0.3 is 19.1 Å². The van der Waals surface area contributed by atoms with Gasteiger partial charge in [0, 0.05) is 68.4 Å². The van der Waals surface area contributed by atoms with Crippen LogP contribution in [0.1, 0.15) is 5.56 Å². The molecule has 0 fully saturated rings. The third-order valence-corrected chi connectivity index (χ3v) is 17.6. The van der Waals surface area contributed by atoms with Crippen molar-refractivity contribution in [3.8, 4) is 44.5 Å². The fourth-order valence-electron chi connectivity index (χ4n) is 13.3. The van der Waals surface area contributed by atoms with Gasteiger partial charge in [-0.05, 0) is 192 Å². The van der Waals surface area contributed by atoms with E-state index < -0.39 is 0 Å². The minimum atomic E-state index is 0.600. The average Bonchev–Trinajstić information content (AvgIpc) is 1.46. The molecule has 1 aliphatic heterocycles. The quantitative estimate of drug-likeness (QED) is 0.120. The molecule has 0 bridgehead atoms. The first kappa shape index (κ1) is 52.8. The molecule has 0 N–H and O–H groups in total. The van der Waals surface area contributed by atoms with Crippen LogP contribution in [0.4, 0.5) is 39.8 Å². The number of para-hydroxylation sites is 2. The SMILES string of the molecule is C=C1/C=C(N(c2ccc(-c3ccccc3)cc2)c2ccc(-c3ccccc3)cc2)\C=C/CN(c2ccc3c4ccccc4c4ccccc4c3c2)c2ccc(-c3ccc(N(c4ccccc4)c4ccc(-c5cccc6oc7ccccc7c56)cc4)cc3)cc21. The summed E-state index contributed by atoms with van der Waals surface area (Å²) in [5.74, 6) is 0.